The van der Waals surface area contributed by atoms with Gasteiger partial charge in [0.2, 0.25) is 5.91 Å². The first-order valence-corrected chi connectivity index (χ1v) is 12.5. The minimum atomic E-state index is -0.583. The molecule has 6 heteroatoms. The van der Waals surface area contributed by atoms with E-state index < -0.39 is 6.10 Å². The second kappa shape index (κ2) is 10.3. The first-order valence-electron chi connectivity index (χ1n) is 12.5. The molecule has 2 amide bonds. The van der Waals surface area contributed by atoms with E-state index in [4.69, 9.17) is 0 Å². The number of amides is 2. The largest absolute Gasteiger partial charge is 0.392 e. The van der Waals surface area contributed by atoms with Crippen molar-refractivity contribution in [3.05, 3.63) is 66.0 Å². The summed E-state index contributed by atoms with van der Waals surface area (Å²) < 4.78 is 0. The molecule has 0 bridgehead atoms. The molecule has 0 radical (unpaired) electrons. The number of nitrogens with zero attached hydrogens (tertiary/aromatic N) is 1. The van der Waals surface area contributed by atoms with Gasteiger partial charge in [-0.3, -0.25) is 14.6 Å². The fourth-order valence-corrected chi connectivity index (χ4v) is 6.38. The number of aromatic nitrogens is 1. The van der Waals surface area contributed by atoms with Crippen molar-refractivity contribution >= 4 is 11.8 Å². The van der Waals surface area contributed by atoms with Crippen LogP contribution in [0.3, 0.4) is 0 Å². The van der Waals surface area contributed by atoms with Crippen LogP contribution < -0.4 is 10.6 Å². The van der Waals surface area contributed by atoms with Crippen molar-refractivity contribution in [3.63, 3.8) is 0 Å². The highest BCUT2D eigenvalue weighted by Gasteiger charge is 2.53. The van der Waals surface area contributed by atoms with Gasteiger partial charge in [-0.25, -0.2) is 0 Å². The van der Waals surface area contributed by atoms with Crippen molar-refractivity contribution in [2.75, 3.05) is 0 Å². The number of carbonyl (C=O) groups is 2. The standard InChI is InChI=1S/C28H37N3O3/c1-18(26(33)30-17-20-9-5-4-6-10-20)21-12-14-28(3)15-13-22(19(2)24(28)25(21)32)31-27(34)23-11-7-8-16-29-23/h4-11,16,18-19,21-22,24-25,32H,12-15,17H2,1-3H3,(H,30,33)(H,31,34)/t18-,19+,21+,22-,24+,25-,28-/m0/s1. The van der Waals surface area contributed by atoms with E-state index in [9.17, 15) is 14.7 Å². The van der Waals surface area contributed by atoms with E-state index in [1.165, 1.54) is 0 Å². The lowest BCUT2D eigenvalue weighted by molar-refractivity contribution is -0.142. The van der Waals surface area contributed by atoms with E-state index in [1.807, 2.05) is 43.3 Å². The maximum atomic E-state index is 13.0. The molecule has 4 rings (SSSR count). The van der Waals surface area contributed by atoms with E-state index >= 15 is 0 Å². The number of fused-ring (bicyclic) bond motifs is 1. The molecule has 1 aromatic carbocycles. The summed E-state index contributed by atoms with van der Waals surface area (Å²) in [6.07, 6.45) is 4.70. The van der Waals surface area contributed by atoms with Crippen molar-refractivity contribution in [3.8, 4) is 0 Å². The Hall–Kier alpha value is -2.73. The number of aliphatic hydroxyl groups is 1. The average Bonchev–Trinajstić information content (AvgIpc) is 2.85. The number of hydrogen-bond donors (Lipinski definition) is 3. The summed E-state index contributed by atoms with van der Waals surface area (Å²) in [6, 6.07) is 15.2. The van der Waals surface area contributed by atoms with Gasteiger partial charge in [0.1, 0.15) is 5.69 Å². The molecule has 2 saturated carbocycles. The molecule has 2 aromatic rings. The quantitative estimate of drug-likeness (QED) is 0.605. The minimum absolute atomic E-state index is 0.0139. The molecule has 182 valence electrons. The molecule has 34 heavy (non-hydrogen) atoms. The topological polar surface area (TPSA) is 91.3 Å². The van der Waals surface area contributed by atoms with Crippen LogP contribution >= 0.6 is 0 Å². The predicted molar refractivity (Wildman–Crippen MR) is 132 cm³/mol. The molecular formula is C28H37N3O3. The zero-order valence-electron chi connectivity index (χ0n) is 20.4. The molecule has 0 saturated heterocycles. The normalized spacial score (nSPS) is 31.7. The zero-order valence-corrected chi connectivity index (χ0v) is 20.4. The van der Waals surface area contributed by atoms with Crippen LogP contribution in [0.15, 0.2) is 54.7 Å². The highest BCUT2D eigenvalue weighted by Crippen LogP contribution is 2.55. The van der Waals surface area contributed by atoms with Crippen LogP contribution in [-0.2, 0) is 11.3 Å². The summed E-state index contributed by atoms with van der Waals surface area (Å²) in [4.78, 5) is 29.9. The Morgan fingerprint density at radius 3 is 2.53 bits per heavy atom. The van der Waals surface area contributed by atoms with Gasteiger partial charge in [-0.1, -0.05) is 57.2 Å². The van der Waals surface area contributed by atoms with E-state index in [1.54, 1.807) is 18.3 Å². The molecule has 6 nitrogen and oxygen atoms in total. The van der Waals surface area contributed by atoms with Crippen LogP contribution in [0, 0.1) is 29.1 Å². The molecule has 3 N–H and O–H groups in total. The van der Waals surface area contributed by atoms with Gasteiger partial charge in [0.15, 0.2) is 0 Å². The Morgan fingerprint density at radius 1 is 1.12 bits per heavy atom. The van der Waals surface area contributed by atoms with Crippen molar-refractivity contribution in [2.24, 2.45) is 29.1 Å². The van der Waals surface area contributed by atoms with Gasteiger partial charge >= 0.3 is 0 Å². The maximum Gasteiger partial charge on any atom is 0.270 e. The number of carbonyl (C=O) groups excluding carboxylic acids is 2. The van der Waals surface area contributed by atoms with Crippen molar-refractivity contribution in [2.45, 2.75) is 65.1 Å². The third-order valence-electron chi connectivity index (χ3n) is 8.47. The van der Waals surface area contributed by atoms with Crippen LogP contribution in [-0.4, -0.2) is 34.1 Å². The summed E-state index contributed by atoms with van der Waals surface area (Å²) in [5, 5.41) is 17.8. The summed E-state index contributed by atoms with van der Waals surface area (Å²) in [5.74, 6) is -0.431. The minimum Gasteiger partial charge on any atom is -0.392 e. The first kappa shape index (κ1) is 24.4. The van der Waals surface area contributed by atoms with Gasteiger partial charge in [-0.15, -0.1) is 0 Å². The smallest absolute Gasteiger partial charge is 0.270 e. The maximum absolute atomic E-state index is 13.0. The Bertz CT molecular complexity index is 983. The predicted octanol–water partition coefficient (Wildman–Crippen LogP) is 3.96. The van der Waals surface area contributed by atoms with Gasteiger partial charge in [0.05, 0.1) is 6.10 Å². The number of hydrogen-bond acceptors (Lipinski definition) is 4. The SMILES string of the molecule is C[C@H]1[C@@H]2[C@@H](O)[C@@H]([C@H](C)C(=O)NCc3ccccc3)CC[C@@]2(C)CC[C@@H]1NC(=O)c1ccccn1. The Kier molecular flexibility index (Phi) is 7.36. The summed E-state index contributed by atoms with van der Waals surface area (Å²) in [5.41, 5.74) is 1.49. The van der Waals surface area contributed by atoms with Crippen molar-refractivity contribution in [1.29, 1.82) is 0 Å². The molecule has 0 unspecified atom stereocenters. The second-order valence-corrected chi connectivity index (χ2v) is 10.6. The van der Waals surface area contributed by atoms with E-state index in [-0.39, 0.29) is 46.9 Å². The fraction of sp³-hybridized carbons (Fsp3) is 0.536. The van der Waals surface area contributed by atoms with E-state index in [0.717, 1.165) is 31.2 Å². The monoisotopic (exact) mass is 463 g/mol. The Balaban J connectivity index is 1.42. The van der Waals surface area contributed by atoms with Gasteiger partial charge in [-0.2, -0.15) is 0 Å². The van der Waals surface area contributed by atoms with Gasteiger partial charge in [-0.05, 0) is 66.5 Å². The lowest BCUT2D eigenvalue weighted by Gasteiger charge is -2.56. The number of nitrogens with one attached hydrogen (secondary N) is 2. The number of pyridine rings is 1. The third kappa shape index (κ3) is 5.02. The number of rotatable bonds is 6. The van der Waals surface area contributed by atoms with Crippen LogP contribution in [0.2, 0.25) is 0 Å². The zero-order chi connectivity index (χ0) is 24.3. The van der Waals surface area contributed by atoms with Gasteiger partial charge in [0, 0.05) is 24.7 Å². The third-order valence-corrected chi connectivity index (χ3v) is 8.47. The Morgan fingerprint density at radius 2 is 1.82 bits per heavy atom. The second-order valence-electron chi connectivity index (χ2n) is 10.6. The first-order chi connectivity index (χ1) is 16.3. The number of benzene rings is 1. The Labute approximate surface area is 202 Å². The van der Waals surface area contributed by atoms with Gasteiger partial charge < -0.3 is 15.7 Å². The van der Waals surface area contributed by atoms with Crippen LogP contribution in [0.4, 0.5) is 0 Å². The van der Waals surface area contributed by atoms with Crippen LogP contribution in [0.1, 0.15) is 62.5 Å². The molecule has 2 aliphatic rings. The molecule has 2 fully saturated rings. The molecule has 0 spiro atoms. The summed E-state index contributed by atoms with van der Waals surface area (Å²) >= 11 is 0. The molecule has 2 aliphatic carbocycles. The molecular weight excluding hydrogens is 426 g/mol. The molecule has 1 heterocycles. The van der Waals surface area contributed by atoms with Gasteiger partial charge in [0.25, 0.3) is 5.91 Å². The highest BCUT2D eigenvalue weighted by atomic mass is 16.3. The molecule has 1 aromatic heterocycles. The van der Waals surface area contributed by atoms with Crippen LogP contribution in [0.5, 0.6) is 0 Å². The van der Waals surface area contributed by atoms with Crippen molar-refractivity contribution in [1.82, 2.24) is 15.6 Å². The molecule has 7 atom stereocenters. The number of aliphatic hydroxyl groups excluding tert-OH is 1. The average molecular weight is 464 g/mol. The lowest BCUT2D eigenvalue weighted by atomic mass is 9.51. The fourth-order valence-electron chi connectivity index (χ4n) is 6.38. The van der Waals surface area contributed by atoms with Crippen molar-refractivity contribution < 1.29 is 14.7 Å². The highest BCUT2D eigenvalue weighted by molar-refractivity contribution is 5.92. The van der Waals surface area contributed by atoms with Crippen LogP contribution in [0.25, 0.3) is 0 Å². The molecule has 0 aliphatic heterocycles. The summed E-state index contributed by atoms with van der Waals surface area (Å²) in [7, 11) is 0. The lowest BCUT2D eigenvalue weighted by Crippen LogP contribution is -2.58. The summed E-state index contributed by atoms with van der Waals surface area (Å²) in [6.45, 7) is 6.83. The van der Waals surface area contributed by atoms with E-state index in [2.05, 4.69) is 29.5 Å². The van der Waals surface area contributed by atoms with E-state index in [0.29, 0.717) is 12.2 Å².